The predicted octanol–water partition coefficient (Wildman–Crippen LogP) is 1.23. The molecular formula is C22H31ClN11O6P2-. The molecule has 4 aromatic rings. The topological polar surface area (TPSA) is 261 Å². The number of aromatic nitrogens is 8. The number of nitrogen functional groups attached to an aromatic ring is 3. The average Bonchev–Trinajstić information content (AvgIpc) is 3.67. The molecule has 5 atom stereocenters. The number of anilines is 3. The number of imidazole rings is 2. The van der Waals surface area contributed by atoms with Crippen LogP contribution in [0.4, 0.5) is 17.7 Å². The Balaban J connectivity index is 0.000000168. The number of fused-ring (bicyclic) bond motifs is 2. The summed E-state index contributed by atoms with van der Waals surface area (Å²) in [5.74, 6) is -0.971. The van der Waals surface area contributed by atoms with E-state index in [1.807, 2.05) is 4.57 Å². The Labute approximate surface area is 244 Å². The van der Waals surface area contributed by atoms with Gasteiger partial charge in [-0.25, -0.2) is 9.97 Å². The molecular weight excluding hydrogens is 612 g/mol. The highest BCUT2D eigenvalue weighted by Crippen LogP contribution is 2.49. The molecule has 228 valence electrons. The molecule has 2 saturated heterocycles. The van der Waals surface area contributed by atoms with Crippen molar-refractivity contribution in [1.29, 1.82) is 0 Å². The molecule has 1 unspecified atom stereocenters. The maximum Gasteiger partial charge on any atom is 0.224 e. The van der Waals surface area contributed by atoms with Crippen LogP contribution < -0.4 is 22.1 Å². The lowest BCUT2D eigenvalue weighted by atomic mass is 10.2. The minimum absolute atomic E-state index is 0.00408. The van der Waals surface area contributed by atoms with Crippen LogP contribution in [0.25, 0.3) is 22.3 Å². The number of halogens is 1. The summed E-state index contributed by atoms with van der Waals surface area (Å²) in [6.07, 6.45) is 5.25. The van der Waals surface area contributed by atoms with E-state index in [2.05, 4.69) is 29.9 Å². The van der Waals surface area contributed by atoms with E-state index in [1.54, 1.807) is 24.2 Å². The quantitative estimate of drug-likeness (QED) is 0.170. The highest BCUT2D eigenvalue weighted by molar-refractivity contribution is 7.62. The Kier molecular flexibility index (Phi) is 8.47. The van der Waals surface area contributed by atoms with E-state index >= 15 is 0 Å². The van der Waals surface area contributed by atoms with Gasteiger partial charge in [-0.1, -0.05) is 11.6 Å². The summed E-state index contributed by atoms with van der Waals surface area (Å²) in [4.78, 5) is 44.3. The van der Waals surface area contributed by atoms with Gasteiger partial charge < -0.3 is 54.7 Å². The van der Waals surface area contributed by atoms with Crippen LogP contribution in [-0.4, -0.2) is 81.2 Å². The third kappa shape index (κ3) is 6.67. The van der Waals surface area contributed by atoms with Crippen molar-refractivity contribution < 1.29 is 28.4 Å². The summed E-state index contributed by atoms with van der Waals surface area (Å²) in [6, 6.07) is 0. The summed E-state index contributed by atoms with van der Waals surface area (Å²) < 4.78 is 37.9. The molecule has 0 spiro atoms. The molecule has 0 aliphatic carbocycles. The van der Waals surface area contributed by atoms with E-state index in [1.165, 1.54) is 6.33 Å². The number of hydrogen-bond acceptors (Lipinski definition) is 14. The molecule has 0 radical (unpaired) electrons. The first kappa shape index (κ1) is 30.5. The molecule has 7 N–H and O–H groups in total. The van der Waals surface area contributed by atoms with Gasteiger partial charge in [0, 0.05) is 0 Å². The zero-order valence-electron chi connectivity index (χ0n) is 22.8. The first-order valence-corrected chi connectivity index (χ1v) is 17.6. The maximum atomic E-state index is 12.1. The van der Waals surface area contributed by atoms with Gasteiger partial charge in [-0.2, -0.15) is 19.9 Å². The Morgan fingerprint density at radius 3 is 1.90 bits per heavy atom. The zero-order valence-corrected chi connectivity index (χ0v) is 25.3. The van der Waals surface area contributed by atoms with Gasteiger partial charge in [0.2, 0.25) is 11.9 Å². The van der Waals surface area contributed by atoms with Crippen molar-refractivity contribution in [2.45, 2.75) is 62.7 Å². The maximum absolute atomic E-state index is 12.1. The minimum Gasteiger partial charge on any atom is -0.777 e. The number of nitrogens with zero attached hydrogens (tertiary/aromatic N) is 8. The fourth-order valence-electron chi connectivity index (χ4n) is 4.95. The van der Waals surface area contributed by atoms with Gasteiger partial charge in [-0.3, -0.25) is 0 Å². The highest BCUT2D eigenvalue weighted by atomic mass is 35.5. The molecule has 0 saturated carbocycles. The number of nitrogens with two attached hydrogens (primary N) is 3. The molecule has 2 fully saturated rings. The monoisotopic (exact) mass is 642 g/mol. The predicted molar refractivity (Wildman–Crippen MR) is 154 cm³/mol. The molecule has 17 nitrogen and oxygen atoms in total. The smallest absolute Gasteiger partial charge is 0.224 e. The molecule has 0 aromatic carbocycles. The third-order valence-electron chi connectivity index (χ3n) is 6.98. The lowest BCUT2D eigenvalue weighted by Gasteiger charge is -2.23. The van der Waals surface area contributed by atoms with Crippen molar-refractivity contribution in [2.24, 2.45) is 0 Å². The van der Waals surface area contributed by atoms with Crippen molar-refractivity contribution in [3.05, 3.63) is 17.8 Å². The lowest BCUT2D eigenvalue weighted by Crippen LogP contribution is -2.20. The van der Waals surface area contributed by atoms with Crippen molar-refractivity contribution in [2.75, 3.05) is 30.5 Å². The Morgan fingerprint density at radius 1 is 0.881 bits per heavy atom. The van der Waals surface area contributed by atoms with Crippen LogP contribution in [0.1, 0.15) is 25.7 Å². The Hall–Kier alpha value is -2.91. The van der Waals surface area contributed by atoms with Gasteiger partial charge in [-0.05, 0) is 39.0 Å². The van der Waals surface area contributed by atoms with Crippen LogP contribution in [-0.2, 0) is 31.7 Å². The second kappa shape index (κ2) is 11.6. The van der Waals surface area contributed by atoms with E-state index in [0.29, 0.717) is 41.8 Å². The largest absolute Gasteiger partial charge is 0.777 e. The standard InChI is InChI=1S/C12H17ClN5O2P.C10H15N6O4P/c1-21(2,19)8-4-3-7(20-8)5-18-6-15-9-10(13)16-12(14)17-11(9)18;11-8-7-9(15-10(12)14-8)16(4-13-7)3-5-1-2-6(20-5)21(17,18)19/h6-8H,3-5H2,1-2H3,(H2,14,16,17);4-6H,1-3H2,(H2,17,18,19)(H4,11,12,14,15)/p-1/t7-,8-;5-,6-/m00/s1. The normalized spacial score (nSPS) is 24.1. The van der Waals surface area contributed by atoms with Gasteiger partial charge in [-0.15, -0.1) is 0 Å². The minimum atomic E-state index is -4.47. The van der Waals surface area contributed by atoms with Crippen LogP contribution in [0.5, 0.6) is 0 Å². The van der Waals surface area contributed by atoms with Gasteiger partial charge >= 0.3 is 0 Å². The van der Waals surface area contributed by atoms with E-state index in [0.717, 1.165) is 12.8 Å². The molecule has 2 aliphatic rings. The van der Waals surface area contributed by atoms with E-state index in [9.17, 15) is 14.0 Å². The molecule has 42 heavy (non-hydrogen) atoms. The molecule has 0 bridgehead atoms. The molecule has 0 amide bonds. The third-order valence-corrected chi connectivity index (χ3v) is 10.1. The summed E-state index contributed by atoms with van der Waals surface area (Å²) in [5.41, 5.74) is 18.9. The van der Waals surface area contributed by atoms with Crippen LogP contribution in [0, 0.1) is 0 Å². The summed E-state index contributed by atoms with van der Waals surface area (Å²) >= 11 is 6.00. The van der Waals surface area contributed by atoms with Crippen LogP contribution in [0.3, 0.4) is 0 Å². The molecule has 2 aliphatic heterocycles. The van der Waals surface area contributed by atoms with Crippen LogP contribution in [0.2, 0.25) is 5.15 Å². The fourth-order valence-corrected chi connectivity index (χ4v) is 7.21. The van der Waals surface area contributed by atoms with Crippen LogP contribution in [0.15, 0.2) is 12.7 Å². The van der Waals surface area contributed by atoms with E-state index in [-0.39, 0.29) is 47.3 Å². The van der Waals surface area contributed by atoms with Gasteiger partial charge in [0.25, 0.3) is 0 Å². The zero-order chi connectivity index (χ0) is 30.4. The van der Waals surface area contributed by atoms with Crippen LogP contribution >= 0.6 is 26.3 Å². The Bertz CT molecular complexity index is 1580. The van der Waals surface area contributed by atoms with E-state index < -0.39 is 20.6 Å². The van der Waals surface area contributed by atoms with Gasteiger partial charge in [0.15, 0.2) is 29.9 Å². The molecule has 4 aromatic heterocycles. The number of hydrogen-bond donors (Lipinski definition) is 4. The molecule has 20 heteroatoms. The SMILES string of the molecule is CP(C)(=O)[C@H]1CC[C@@H](Cn2cnc3c(Cl)nc(N)nc32)O1.Nc1nc(N)c2ncn(C[C@@H]3CC[C@H](P(=O)([O-])O)O3)c2n1. The second-order valence-corrected chi connectivity index (χ2v) is 16.1. The average molecular weight is 643 g/mol. The summed E-state index contributed by atoms with van der Waals surface area (Å²) in [5, 5.41) is 0.244. The second-order valence-electron chi connectivity index (χ2n) is 10.6. The Morgan fingerprint density at radius 2 is 1.38 bits per heavy atom. The van der Waals surface area contributed by atoms with E-state index in [4.69, 9.17) is 43.2 Å². The summed E-state index contributed by atoms with van der Waals surface area (Å²) in [7, 11) is -6.69. The number of rotatable bonds is 6. The van der Waals surface area contributed by atoms with Crippen molar-refractivity contribution in [3.63, 3.8) is 0 Å². The lowest BCUT2D eigenvalue weighted by molar-refractivity contribution is -0.204. The first-order chi connectivity index (χ1) is 19.7. The first-order valence-electron chi connectivity index (χ1n) is 13.0. The van der Waals surface area contributed by atoms with Crippen molar-refractivity contribution in [1.82, 2.24) is 39.0 Å². The number of ether oxygens (including phenoxy) is 2. The fraction of sp³-hybridized carbons (Fsp3) is 0.545. The molecule has 6 heterocycles. The van der Waals surface area contributed by atoms with Gasteiger partial charge in [0.1, 0.15) is 29.9 Å². The summed E-state index contributed by atoms with van der Waals surface area (Å²) in [6.45, 7) is 4.45. The highest BCUT2D eigenvalue weighted by Gasteiger charge is 2.34. The molecule has 6 rings (SSSR count). The van der Waals surface area contributed by atoms with Gasteiger partial charge in [0.05, 0.1) is 38.0 Å². The van der Waals surface area contributed by atoms with Crippen molar-refractivity contribution in [3.8, 4) is 0 Å². The van der Waals surface area contributed by atoms with Crippen molar-refractivity contribution >= 4 is 66.4 Å².